The van der Waals surface area contributed by atoms with E-state index in [1.54, 1.807) is 6.20 Å². The van der Waals surface area contributed by atoms with Crippen LogP contribution in [0.1, 0.15) is 24.0 Å². The fraction of sp³-hybridized carbons (Fsp3) is 0.333. The number of anilines is 1. The monoisotopic (exact) mass is 437 g/mol. The van der Waals surface area contributed by atoms with Crippen LogP contribution in [0.5, 0.6) is 0 Å². The molecule has 1 amide bonds. The van der Waals surface area contributed by atoms with Crippen LogP contribution in [0, 0.1) is 18.7 Å². The van der Waals surface area contributed by atoms with E-state index < -0.39 is 23.3 Å². The topological polar surface area (TPSA) is 111 Å². The molecule has 5 rings (SSSR count). The predicted molar refractivity (Wildman–Crippen MR) is 114 cm³/mol. The normalized spacial score (nSPS) is 24.2. The first-order valence-corrected chi connectivity index (χ1v) is 11.1. The van der Waals surface area contributed by atoms with Gasteiger partial charge >= 0.3 is 0 Å². The van der Waals surface area contributed by atoms with Crippen molar-refractivity contribution >= 4 is 23.5 Å². The Balaban J connectivity index is 1.60. The van der Waals surface area contributed by atoms with Crippen LogP contribution in [0.4, 0.5) is 10.2 Å². The lowest BCUT2D eigenvalue weighted by Gasteiger charge is -2.34. The summed E-state index contributed by atoms with van der Waals surface area (Å²) in [6.07, 6.45) is 7.36. The van der Waals surface area contributed by atoms with Gasteiger partial charge in [-0.2, -0.15) is 0 Å². The van der Waals surface area contributed by atoms with E-state index in [0.29, 0.717) is 23.2 Å². The first-order valence-electron chi connectivity index (χ1n) is 9.85. The number of amides is 1. The Morgan fingerprint density at radius 3 is 2.65 bits per heavy atom. The van der Waals surface area contributed by atoms with Crippen LogP contribution in [-0.2, 0) is 10.3 Å². The molecule has 1 aliphatic carbocycles. The molecule has 0 spiro atoms. The number of piperidine rings is 1. The Morgan fingerprint density at radius 2 is 2.00 bits per heavy atom. The van der Waals surface area contributed by atoms with E-state index in [4.69, 9.17) is 5.73 Å². The summed E-state index contributed by atoms with van der Waals surface area (Å²) < 4.78 is 13.3. The molecule has 2 aromatic heterocycles. The van der Waals surface area contributed by atoms with E-state index in [1.807, 2.05) is 30.2 Å². The van der Waals surface area contributed by atoms with Crippen LogP contribution >= 0.6 is 11.8 Å². The molecule has 0 radical (unpaired) electrons. The minimum absolute atomic E-state index is 0.261. The van der Waals surface area contributed by atoms with Crippen LogP contribution in [0.3, 0.4) is 0 Å². The highest BCUT2D eigenvalue weighted by Crippen LogP contribution is 2.65. The number of benzene rings is 1. The molecule has 1 saturated carbocycles. The summed E-state index contributed by atoms with van der Waals surface area (Å²) in [7, 11) is 0. The van der Waals surface area contributed by atoms with Crippen molar-refractivity contribution in [2.24, 2.45) is 11.7 Å². The molecule has 3 heterocycles. The highest BCUT2D eigenvalue weighted by Gasteiger charge is 2.67. The first-order chi connectivity index (χ1) is 14.9. The van der Waals surface area contributed by atoms with Gasteiger partial charge < -0.3 is 10.6 Å². The number of rotatable bonds is 5. The summed E-state index contributed by atoms with van der Waals surface area (Å²) >= 11 is 1.40. The van der Waals surface area contributed by atoms with Crippen molar-refractivity contribution < 1.29 is 9.18 Å². The van der Waals surface area contributed by atoms with E-state index in [2.05, 4.69) is 31.2 Å². The third-order valence-corrected chi connectivity index (χ3v) is 6.76. The quantitative estimate of drug-likeness (QED) is 0.606. The summed E-state index contributed by atoms with van der Waals surface area (Å²) in [4.78, 5) is 26.9. The Labute approximate surface area is 182 Å². The van der Waals surface area contributed by atoms with Gasteiger partial charge in [0.25, 0.3) is 0 Å². The number of hydrogen-bond acceptors (Lipinski definition) is 8. The molecule has 2 fully saturated rings. The smallest absolute Gasteiger partial charge is 0.240 e. The number of hydrogen-bond donors (Lipinski definition) is 1. The van der Waals surface area contributed by atoms with Gasteiger partial charge in [-0.1, -0.05) is 23.9 Å². The lowest BCUT2D eigenvalue weighted by atomic mass is 9.96. The average Bonchev–Trinajstić information content (AvgIpc) is 3.40. The van der Waals surface area contributed by atoms with E-state index in [1.165, 1.54) is 11.8 Å². The molecule has 3 unspecified atom stereocenters. The van der Waals surface area contributed by atoms with E-state index in [9.17, 15) is 9.18 Å². The van der Waals surface area contributed by atoms with Gasteiger partial charge in [0.1, 0.15) is 6.04 Å². The van der Waals surface area contributed by atoms with Gasteiger partial charge in [0.05, 0.1) is 24.1 Å². The Kier molecular flexibility index (Phi) is 4.62. The second kappa shape index (κ2) is 7.23. The van der Waals surface area contributed by atoms with Gasteiger partial charge in [-0.25, -0.2) is 19.3 Å². The van der Waals surface area contributed by atoms with Crippen LogP contribution in [0.25, 0.3) is 11.4 Å². The molecule has 10 heteroatoms. The maximum Gasteiger partial charge on any atom is 0.240 e. The first kappa shape index (κ1) is 19.8. The van der Waals surface area contributed by atoms with Crippen molar-refractivity contribution in [3.8, 4) is 11.4 Å². The highest BCUT2D eigenvalue weighted by molar-refractivity contribution is 7.98. The second-order valence-corrected chi connectivity index (χ2v) is 8.68. The average molecular weight is 438 g/mol. The minimum Gasteiger partial charge on any atom is -0.368 e. The van der Waals surface area contributed by atoms with Crippen LogP contribution < -0.4 is 10.6 Å². The number of carbonyl (C=O) groups is 1. The molecule has 2 aliphatic rings. The molecule has 3 atom stereocenters. The summed E-state index contributed by atoms with van der Waals surface area (Å²) in [5.74, 6) is 0.371. The van der Waals surface area contributed by atoms with Gasteiger partial charge in [-0.3, -0.25) is 4.79 Å². The molecule has 1 aliphatic heterocycles. The van der Waals surface area contributed by atoms with Crippen molar-refractivity contribution in [3.63, 3.8) is 0 Å². The molecule has 8 nitrogen and oxygen atoms in total. The number of aryl methyl sites for hydroxylation is 1. The SMILES string of the molecule is CSc1ncc(N2C(C(N)=O)CC3CC32c2ccc(C)c(-c3ncc(F)cn3)c2)nn1. The fourth-order valence-electron chi connectivity index (χ4n) is 4.69. The minimum atomic E-state index is -0.484. The number of nitrogens with two attached hydrogens (primary N) is 1. The van der Waals surface area contributed by atoms with E-state index in [0.717, 1.165) is 35.5 Å². The van der Waals surface area contributed by atoms with Gasteiger partial charge in [0, 0.05) is 5.56 Å². The third-order valence-electron chi connectivity index (χ3n) is 6.21. The van der Waals surface area contributed by atoms with Crippen LogP contribution in [-0.4, -0.2) is 43.4 Å². The molecule has 31 heavy (non-hydrogen) atoms. The number of nitrogens with zero attached hydrogens (tertiary/aromatic N) is 6. The van der Waals surface area contributed by atoms with Crippen LogP contribution in [0.15, 0.2) is 41.9 Å². The van der Waals surface area contributed by atoms with Crippen molar-refractivity contribution in [1.29, 1.82) is 0 Å². The zero-order chi connectivity index (χ0) is 21.8. The van der Waals surface area contributed by atoms with Gasteiger partial charge in [-0.15, -0.1) is 10.2 Å². The lowest BCUT2D eigenvalue weighted by molar-refractivity contribution is -0.119. The Morgan fingerprint density at radius 1 is 1.23 bits per heavy atom. The molecule has 2 N–H and O–H groups in total. The largest absolute Gasteiger partial charge is 0.368 e. The number of carbonyl (C=O) groups excluding carboxylic acids is 1. The molecule has 0 bridgehead atoms. The van der Waals surface area contributed by atoms with E-state index in [-0.39, 0.29) is 5.92 Å². The van der Waals surface area contributed by atoms with Crippen LogP contribution in [0.2, 0.25) is 0 Å². The van der Waals surface area contributed by atoms with Gasteiger partial charge in [0.15, 0.2) is 17.5 Å². The molecular weight excluding hydrogens is 417 g/mol. The van der Waals surface area contributed by atoms with Crippen molar-refractivity contribution in [2.45, 2.75) is 36.5 Å². The molecular formula is C21H20FN7OS. The molecule has 1 saturated heterocycles. The zero-order valence-electron chi connectivity index (χ0n) is 17.0. The summed E-state index contributed by atoms with van der Waals surface area (Å²) in [6.45, 7) is 1.96. The number of fused-ring (bicyclic) bond motifs is 1. The molecule has 158 valence electrons. The standard InChI is InChI=1S/C21H20FN7OS/c1-11-3-4-12(5-15(11)19-24-8-14(22)9-25-19)21-7-13(21)6-16(18(23)30)29(21)17-10-26-20(31-2)28-27-17/h3-5,8-10,13,16H,6-7H2,1-2H3,(H2,23,30). The number of halogens is 1. The maximum absolute atomic E-state index is 13.3. The second-order valence-electron chi connectivity index (χ2n) is 7.91. The van der Waals surface area contributed by atoms with Crippen molar-refractivity contribution in [2.75, 3.05) is 11.2 Å². The highest BCUT2D eigenvalue weighted by atomic mass is 32.2. The number of thioether (sulfide) groups is 1. The predicted octanol–water partition coefficient (Wildman–Crippen LogP) is 2.48. The number of aromatic nitrogens is 5. The third kappa shape index (κ3) is 3.13. The Bertz CT molecular complexity index is 1160. The van der Waals surface area contributed by atoms with Crippen molar-refractivity contribution in [1.82, 2.24) is 25.1 Å². The lowest BCUT2D eigenvalue weighted by Crippen LogP contribution is -2.47. The Hall–Kier alpha value is -3.14. The summed E-state index contributed by atoms with van der Waals surface area (Å²) in [5.41, 5.74) is 8.15. The van der Waals surface area contributed by atoms with E-state index >= 15 is 0 Å². The number of primary amides is 1. The zero-order valence-corrected chi connectivity index (χ0v) is 17.8. The van der Waals surface area contributed by atoms with Gasteiger partial charge in [0.2, 0.25) is 11.1 Å². The summed E-state index contributed by atoms with van der Waals surface area (Å²) in [5, 5.41) is 9.05. The van der Waals surface area contributed by atoms with Gasteiger partial charge in [-0.05, 0) is 49.1 Å². The fourth-order valence-corrected chi connectivity index (χ4v) is 4.97. The van der Waals surface area contributed by atoms with Crippen molar-refractivity contribution in [3.05, 3.63) is 53.7 Å². The summed E-state index contributed by atoms with van der Waals surface area (Å²) in [6, 6.07) is 5.59. The molecule has 1 aromatic carbocycles. The maximum atomic E-state index is 13.3. The molecule has 3 aromatic rings.